The Balaban J connectivity index is 2.92. The first kappa shape index (κ1) is 6.48. The Hall–Kier alpha value is -0.520. The van der Waals surface area contributed by atoms with Crippen LogP contribution in [-0.4, -0.2) is 0 Å². The second kappa shape index (κ2) is 5.48. The van der Waals surface area contributed by atoms with Gasteiger partial charge in [0, 0.05) is 0 Å². The standard InChI is InChI=1S/C7H10/c1-3-5-7-6-4-2/h1,3,5,7H,2,4,6H2/b3-1?,7-5+. The van der Waals surface area contributed by atoms with Gasteiger partial charge in [-0.05, 0) is 12.8 Å². The summed E-state index contributed by atoms with van der Waals surface area (Å²) in [5, 5.41) is 0. The third kappa shape index (κ3) is 5.48. The Morgan fingerprint density at radius 3 is 2.71 bits per heavy atom. The highest BCUT2D eigenvalue weighted by molar-refractivity contribution is 4.95. The van der Waals surface area contributed by atoms with E-state index in [1.165, 1.54) is 6.08 Å². The minimum atomic E-state index is 0.949. The second-order valence-electron chi connectivity index (χ2n) is 1.26. The molecule has 2 radical (unpaired) electrons. The van der Waals surface area contributed by atoms with Gasteiger partial charge in [-0.1, -0.05) is 31.7 Å². The normalized spacial score (nSPS) is 9.86. The van der Waals surface area contributed by atoms with Gasteiger partial charge in [0.15, 0.2) is 0 Å². The predicted octanol–water partition coefficient (Wildman–Crippen LogP) is 2.15. The molecule has 0 spiro atoms. The fourth-order valence-electron chi connectivity index (χ4n) is 0.293. The topological polar surface area (TPSA) is 0 Å². The van der Waals surface area contributed by atoms with Crippen LogP contribution in [0.25, 0.3) is 0 Å². The second-order valence-corrected chi connectivity index (χ2v) is 1.26. The zero-order valence-corrected chi connectivity index (χ0v) is 4.43. The lowest BCUT2D eigenvalue weighted by Crippen LogP contribution is -1.57. The van der Waals surface area contributed by atoms with Crippen molar-refractivity contribution in [2.24, 2.45) is 0 Å². The van der Waals surface area contributed by atoms with Crippen LogP contribution in [0.2, 0.25) is 0 Å². The van der Waals surface area contributed by atoms with Crippen molar-refractivity contribution in [2.45, 2.75) is 12.8 Å². The van der Waals surface area contributed by atoms with E-state index in [1.54, 1.807) is 0 Å². The maximum absolute atomic E-state index is 5.04. The molecule has 0 aliphatic rings. The zero-order chi connectivity index (χ0) is 5.54. The molecule has 0 unspecified atom stereocenters. The van der Waals surface area contributed by atoms with E-state index >= 15 is 0 Å². The van der Waals surface area contributed by atoms with Crippen LogP contribution in [0.3, 0.4) is 0 Å². The number of hydrogen-bond donors (Lipinski definition) is 0. The Kier molecular flexibility index (Phi) is 5.07. The largest absolute Gasteiger partial charge is 0.0845 e. The van der Waals surface area contributed by atoms with Crippen LogP contribution in [0.4, 0.5) is 0 Å². The van der Waals surface area contributed by atoms with Gasteiger partial charge in [-0.3, -0.25) is 0 Å². The quantitative estimate of drug-likeness (QED) is 0.470. The minimum Gasteiger partial charge on any atom is -0.0845 e. The van der Waals surface area contributed by atoms with E-state index < -0.39 is 0 Å². The van der Waals surface area contributed by atoms with Crippen LogP contribution in [0.1, 0.15) is 12.8 Å². The number of hydrogen-bond acceptors (Lipinski definition) is 0. The Labute approximate surface area is 45.5 Å². The number of unbranched alkanes of at least 4 members (excludes halogenated alkanes) is 1. The highest BCUT2D eigenvalue weighted by Gasteiger charge is 1.66. The average molecular weight is 94.2 g/mol. The van der Waals surface area contributed by atoms with Crippen molar-refractivity contribution in [2.75, 3.05) is 0 Å². The summed E-state index contributed by atoms with van der Waals surface area (Å²) in [7, 11) is 0. The summed E-state index contributed by atoms with van der Waals surface area (Å²) >= 11 is 0. The van der Waals surface area contributed by atoms with Crippen LogP contribution >= 0.6 is 0 Å². The third-order valence-electron chi connectivity index (χ3n) is 0.618. The fourth-order valence-corrected chi connectivity index (χ4v) is 0.293. The molecule has 0 bridgehead atoms. The molecule has 7 heavy (non-hydrogen) atoms. The van der Waals surface area contributed by atoms with Crippen LogP contribution in [0, 0.1) is 13.5 Å². The maximum atomic E-state index is 5.04. The first-order valence-corrected chi connectivity index (χ1v) is 2.41. The van der Waals surface area contributed by atoms with E-state index in [1.807, 2.05) is 12.2 Å². The molecule has 0 aliphatic heterocycles. The first-order chi connectivity index (χ1) is 3.41. The molecule has 0 aromatic heterocycles. The molecular weight excluding hydrogens is 84.1 g/mol. The van der Waals surface area contributed by atoms with Gasteiger partial charge >= 0.3 is 0 Å². The molecule has 0 atom stereocenters. The van der Waals surface area contributed by atoms with Gasteiger partial charge in [-0.25, -0.2) is 0 Å². The van der Waals surface area contributed by atoms with Gasteiger partial charge < -0.3 is 0 Å². The summed E-state index contributed by atoms with van der Waals surface area (Å²) in [5.41, 5.74) is 0. The van der Waals surface area contributed by atoms with Crippen molar-refractivity contribution in [3.63, 3.8) is 0 Å². The van der Waals surface area contributed by atoms with Gasteiger partial charge in [-0.15, -0.1) is 0 Å². The van der Waals surface area contributed by atoms with Crippen LogP contribution in [-0.2, 0) is 0 Å². The van der Waals surface area contributed by atoms with Crippen LogP contribution in [0.5, 0.6) is 0 Å². The van der Waals surface area contributed by atoms with Gasteiger partial charge in [0.05, 0.1) is 0 Å². The molecule has 0 saturated carbocycles. The fraction of sp³-hybridized carbons (Fsp3) is 0.286. The molecule has 0 fully saturated rings. The van der Waals surface area contributed by atoms with Gasteiger partial charge in [0.2, 0.25) is 0 Å². The molecule has 0 aromatic carbocycles. The molecule has 0 aromatic rings. The molecule has 0 heterocycles. The van der Waals surface area contributed by atoms with E-state index in [4.69, 9.17) is 6.58 Å². The van der Waals surface area contributed by atoms with Gasteiger partial charge in [-0.2, -0.15) is 0 Å². The number of rotatable bonds is 3. The SMILES string of the molecule is [CH]=C/C=C/CC[CH2]. The van der Waals surface area contributed by atoms with Crippen molar-refractivity contribution < 1.29 is 0 Å². The molecule has 0 rings (SSSR count). The van der Waals surface area contributed by atoms with Gasteiger partial charge in [0.1, 0.15) is 0 Å². The summed E-state index contributed by atoms with van der Waals surface area (Å²) in [6.07, 6.45) is 7.31. The lowest BCUT2D eigenvalue weighted by atomic mass is 10.3. The highest BCUT2D eigenvalue weighted by Crippen LogP contribution is 1.86. The molecule has 0 aliphatic carbocycles. The predicted molar refractivity (Wildman–Crippen MR) is 32.6 cm³/mol. The summed E-state index contributed by atoms with van der Waals surface area (Å²) in [4.78, 5) is 0. The molecular formula is C7H10. The first-order valence-electron chi connectivity index (χ1n) is 2.41. The molecule has 38 valence electrons. The highest BCUT2D eigenvalue weighted by atomic mass is 13.7. The lowest BCUT2D eigenvalue weighted by molar-refractivity contribution is 1.05. The van der Waals surface area contributed by atoms with Crippen molar-refractivity contribution >= 4 is 0 Å². The maximum Gasteiger partial charge on any atom is -0.0348 e. The Morgan fingerprint density at radius 1 is 1.57 bits per heavy atom. The summed E-state index contributed by atoms with van der Waals surface area (Å²) in [5.74, 6) is 0. The third-order valence-corrected chi connectivity index (χ3v) is 0.618. The summed E-state index contributed by atoms with van der Waals surface area (Å²) < 4.78 is 0. The summed E-state index contributed by atoms with van der Waals surface area (Å²) in [6, 6.07) is 0. The van der Waals surface area contributed by atoms with E-state index in [-0.39, 0.29) is 0 Å². The smallest absolute Gasteiger partial charge is 0.0348 e. The van der Waals surface area contributed by atoms with Crippen molar-refractivity contribution in [1.82, 2.24) is 0 Å². The van der Waals surface area contributed by atoms with Gasteiger partial charge in [0.25, 0.3) is 0 Å². The van der Waals surface area contributed by atoms with Crippen molar-refractivity contribution in [3.8, 4) is 0 Å². The molecule has 0 saturated heterocycles. The summed E-state index contributed by atoms with van der Waals surface area (Å²) in [6.45, 7) is 8.69. The molecule has 0 nitrogen and oxygen atoms in total. The van der Waals surface area contributed by atoms with Crippen molar-refractivity contribution in [1.29, 1.82) is 0 Å². The molecule has 0 N–H and O–H groups in total. The van der Waals surface area contributed by atoms with E-state index in [0.29, 0.717) is 0 Å². The monoisotopic (exact) mass is 94.1 g/mol. The van der Waals surface area contributed by atoms with Crippen molar-refractivity contribution in [3.05, 3.63) is 31.7 Å². The van der Waals surface area contributed by atoms with Crippen LogP contribution in [0.15, 0.2) is 18.2 Å². The lowest BCUT2D eigenvalue weighted by Gasteiger charge is -1.77. The minimum absolute atomic E-state index is 0.949. The number of allylic oxidation sites excluding steroid dienone is 3. The van der Waals surface area contributed by atoms with E-state index in [9.17, 15) is 0 Å². The molecule has 0 amide bonds. The van der Waals surface area contributed by atoms with E-state index in [0.717, 1.165) is 12.8 Å². The van der Waals surface area contributed by atoms with Crippen LogP contribution < -0.4 is 0 Å². The zero-order valence-electron chi connectivity index (χ0n) is 4.43. The average Bonchev–Trinajstić information content (AvgIpc) is 1.69. The Bertz CT molecular complexity index is 60.4. The Morgan fingerprint density at radius 2 is 2.29 bits per heavy atom. The molecule has 0 heteroatoms. The van der Waals surface area contributed by atoms with E-state index in [2.05, 4.69) is 6.92 Å².